The van der Waals surface area contributed by atoms with E-state index >= 15 is 0 Å². The number of halogens is 1. The zero-order valence-electron chi connectivity index (χ0n) is 14.7. The molecule has 1 N–H and O–H groups in total. The molecule has 4 aromatic rings. The van der Waals surface area contributed by atoms with Gasteiger partial charge in [-0.1, -0.05) is 0 Å². The zero-order valence-corrected chi connectivity index (χ0v) is 14.7. The van der Waals surface area contributed by atoms with Gasteiger partial charge in [-0.2, -0.15) is 0 Å². The van der Waals surface area contributed by atoms with Crippen molar-refractivity contribution in [1.82, 2.24) is 24.8 Å². The molecule has 0 radical (unpaired) electrons. The lowest BCUT2D eigenvalue weighted by atomic mass is 10.1. The lowest BCUT2D eigenvalue weighted by molar-refractivity contribution is 0.242. The van der Waals surface area contributed by atoms with Crippen molar-refractivity contribution in [1.29, 1.82) is 0 Å². The summed E-state index contributed by atoms with van der Waals surface area (Å²) in [6, 6.07) is 8.76. The van der Waals surface area contributed by atoms with E-state index in [-0.39, 0.29) is 5.82 Å². The van der Waals surface area contributed by atoms with Gasteiger partial charge in [0.2, 0.25) is 0 Å². The van der Waals surface area contributed by atoms with Crippen LogP contribution >= 0.6 is 0 Å². The number of hydrogen-bond acceptors (Lipinski definition) is 4. The minimum atomic E-state index is -0.220. The quantitative estimate of drug-likeness (QED) is 0.606. The fraction of sp³-hybridized carbons (Fsp3) is 0.190. The molecule has 0 aliphatic carbocycles. The topological polar surface area (TPSA) is 57.7 Å². The maximum absolute atomic E-state index is 13.4. The molecule has 27 heavy (non-hydrogen) atoms. The average molecular weight is 359 g/mol. The Morgan fingerprint density at radius 1 is 1.19 bits per heavy atom. The molecule has 0 fully saturated rings. The third-order valence-electron chi connectivity index (χ3n) is 5.07. The zero-order chi connectivity index (χ0) is 18.2. The third kappa shape index (κ3) is 3.08. The van der Waals surface area contributed by atoms with Crippen LogP contribution in [0.5, 0.6) is 0 Å². The van der Waals surface area contributed by atoms with Crippen LogP contribution in [0.2, 0.25) is 0 Å². The molecule has 1 aliphatic heterocycles. The molecule has 0 unspecified atom stereocenters. The van der Waals surface area contributed by atoms with Gasteiger partial charge in [0.25, 0.3) is 0 Å². The van der Waals surface area contributed by atoms with E-state index in [4.69, 9.17) is 4.98 Å². The first-order chi connectivity index (χ1) is 13.3. The predicted octanol–water partition coefficient (Wildman–Crippen LogP) is 3.72. The molecule has 0 amide bonds. The van der Waals surface area contributed by atoms with E-state index in [2.05, 4.69) is 19.9 Å². The van der Waals surface area contributed by atoms with E-state index in [1.54, 1.807) is 12.4 Å². The van der Waals surface area contributed by atoms with E-state index in [9.17, 15) is 4.39 Å². The van der Waals surface area contributed by atoms with Crippen LogP contribution < -0.4 is 0 Å². The molecular formula is C21H18FN5. The van der Waals surface area contributed by atoms with Crippen LogP contribution in [-0.4, -0.2) is 31.4 Å². The van der Waals surface area contributed by atoms with Gasteiger partial charge in [-0.15, -0.1) is 0 Å². The van der Waals surface area contributed by atoms with Crippen LogP contribution in [-0.2, 0) is 19.5 Å². The molecule has 134 valence electrons. The fourth-order valence-corrected chi connectivity index (χ4v) is 3.66. The predicted molar refractivity (Wildman–Crippen MR) is 101 cm³/mol. The van der Waals surface area contributed by atoms with E-state index in [0.29, 0.717) is 5.82 Å². The van der Waals surface area contributed by atoms with Crippen LogP contribution in [0.4, 0.5) is 4.39 Å². The van der Waals surface area contributed by atoms with Crippen molar-refractivity contribution >= 4 is 10.9 Å². The summed E-state index contributed by atoms with van der Waals surface area (Å²) in [5.74, 6) is 0.494. The highest BCUT2D eigenvalue weighted by Gasteiger charge is 2.20. The number of H-pyrrole nitrogens is 1. The third-order valence-corrected chi connectivity index (χ3v) is 5.07. The van der Waals surface area contributed by atoms with Gasteiger partial charge < -0.3 is 4.98 Å². The second kappa shape index (κ2) is 6.55. The highest BCUT2D eigenvalue weighted by molar-refractivity contribution is 5.83. The summed E-state index contributed by atoms with van der Waals surface area (Å²) < 4.78 is 13.4. The molecule has 0 saturated carbocycles. The smallest absolute Gasteiger partial charge is 0.160 e. The standard InChI is InChI=1S/C21H18FN5/c22-17-3-4-18-16(11-24-19(18)8-17)12-27-7-5-14-10-25-21(26-20(14)13-27)15-2-1-6-23-9-15/h1-4,6,8-11,24H,5,7,12-13H2. The second-order valence-electron chi connectivity index (χ2n) is 6.87. The van der Waals surface area contributed by atoms with Gasteiger partial charge >= 0.3 is 0 Å². The van der Waals surface area contributed by atoms with Gasteiger partial charge in [0, 0.05) is 60.9 Å². The van der Waals surface area contributed by atoms with Crippen molar-refractivity contribution in [2.75, 3.05) is 6.54 Å². The Kier molecular flexibility index (Phi) is 3.90. The van der Waals surface area contributed by atoms with Crippen molar-refractivity contribution < 1.29 is 4.39 Å². The molecular weight excluding hydrogens is 341 g/mol. The van der Waals surface area contributed by atoms with Gasteiger partial charge in [-0.3, -0.25) is 9.88 Å². The number of hydrogen-bond donors (Lipinski definition) is 1. The minimum absolute atomic E-state index is 0.220. The van der Waals surface area contributed by atoms with Gasteiger partial charge in [0.1, 0.15) is 5.82 Å². The van der Waals surface area contributed by atoms with Crippen LogP contribution in [0.25, 0.3) is 22.3 Å². The van der Waals surface area contributed by atoms with Crippen molar-refractivity contribution in [2.24, 2.45) is 0 Å². The lowest BCUT2D eigenvalue weighted by Crippen LogP contribution is -2.31. The molecule has 0 spiro atoms. The summed E-state index contributed by atoms with van der Waals surface area (Å²) in [4.78, 5) is 19.0. The number of rotatable bonds is 3. The van der Waals surface area contributed by atoms with Crippen LogP contribution in [0.1, 0.15) is 16.8 Å². The van der Waals surface area contributed by atoms with Gasteiger partial charge in [-0.05, 0) is 47.9 Å². The highest BCUT2D eigenvalue weighted by atomic mass is 19.1. The first kappa shape index (κ1) is 16.1. The minimum Gasteiger partial charge on any atom is -0.361 e. The Bertz CT molecular complexity index is 1110. The Morgan fingerprint density at radius 3 is 3.04 bits per heavy atom. The molecule has 3 aromatic heterocycles. The fourth-order valence-electron chi connectivity index (χ4n) is 3.66. The van der Waals surface area contributed by atoms with E-state index in [0.717, 1.165) is 48.2 Å². The van der Waals surface area contributed by atoms with E-state index in [1.165, 1.54) is 23.3 Å². The summed E-state index contributed by atoms with van der Waals surface area (Å²) in [7, 11) is 0. The first-order valence-electron chi connectivity index (χ1n) is 8.99. The Balaban J connectivity index is 1.40. The highest BCUT2D eigenvalue weighted by Crippen LogP contribution is 2.25. The maximum Gasteiger partial charge on any atom is 0.160 e. The number of pyridine rings is 1. The Labute approximate surface area is 155 Å². The van der Waals surface area contributed by atoms with Crippen LogP contribution in [0, 0.1) is 5.82 Å². The van der Waals surface area contributed by atoms with E-state index < -0.39 is 0 Å². The normalized spacial score (nSPS) is 14.4. The Morgan fingerprint density at radius 2 is 2.15 bits per heavy atom. The van der Waals surface area contributed by atoms with Crippen molar-refractivity contribution in [3.8, 4) is 11.4 Å². The molecule has 1 aliphatic rings. The molecule has 5 nitrogen and oxygen atoms in total. The molecule has 0 saturated heterocycles. The molecule has 1 aromatic carbocycles. The number of benzene rings is 1. The summed E-state index contributed by atoms with van der Waals surface area (Å²) in [6.45, 7) is 2.53. The SMILES string of the molecule is Fc1ccc2c(CN3CCc4cnc(-c5cccnc5)nc4C3)c[nH]c2c1. The van der Waals surface area contributed by atoms with Crippen molar-refractivity contribution in [3.63, 3.8) is 0 Å². The average Bonchev–Trinajstić information content (AvgIpc) is 3.10. The number of aromatic nitrogens is 4. The monoisotopic (exact) mass is 359 g/mol. The number of fused-ring (bicyclic) bond motifs is 2. The van der Waals surface area contributed by atoms with Gasteiger partial charge in [-0.25, -0.2) is 14.4 Å². The summed E-state index contributed by atoms with van der Waals surface area (Å²) in [5, 5.41) is 1.07. The first-order valence-corrected chi connectivity index (χ1v) is 8.99. The summed E-state index contributed by atoms with van der Waals surface area (Å²) in [5.41, 5.74) is 5.22. The van der Waals surface area contributed by atoms with Crippen LogP contribution in [0.15, 0.2) is 55.1 Å². The molecule has 4 heterocycles. The molecule has 0 atom stereocenters. The molecule has 5 rings (SSSR count). The summed E-state index contributed by atoms with van der Waals surface area (Å²) >= 11 is 0. The van der Waals surface area contributed by atoms with Crippen molar-refractivity contribution in [3.05, 3.63) is 77.8 Å². The van der Waals surface area contributed by atoms with Gasteiger partial charge in [0.15, 0.2) is 5.82 Å². The lowest BCUT2D eigenvalue weighted by Gasteiger charge is -2.27. The second-order valence-corrected chi connectivity index (χ2v) is 6.87. The Hall–Kier alpha value is -3.12. The number of nitrogens with zero attached hydrogens (tertiary/aromatic N) is 4. The number of nitrogens with one attached hydrogen (secondary N) is 1. The van der Waals surface area contributed by atoms with Crippen LogP contribution in [0.3, 0.4) is 0 Å². The maximum atomic E-state index is 13.4. The largest absolute Gasteiger partial charge is 0.361 e. The number of aromatic amines is 1. The summed E-state index contributed by atoms with van der Waals surface area (Å²) in [6.07, 6.45) is 8.38. The van der Waals surface area contributed by atoms with E-state index in [1.807, 2.05) is 30.6 Å². The molecule has 0 bridgehead atoms. The van der Waals surface area contributed by atoms with Crippen molar-refractivity contribution in [2.45, 2.75) is 19.5 Å². The van der Waals surface area contributed by atoms with Gasteiger partial charge in [0.05, 0.1) is 5.69 Å². The molecule has 6 heteroatoms.